The number of benzene rings is 2. The number of imidazole rings is 1. The molecule has 4 aromatic rings. The first kappa shape index (κ1) is 18.2. The highest BCUT2D eigenvalue weighted by atomic mass is 79.9. The van der Waals surface area contributed by atoms with Crippen LogP contribution in [0.1, 0.15) is 16.1 Å². The average Bonchev–Trinajstić information content (AvgIpc) is 3.11. The third-order valence-corrected chi connectivity index (χ3v) is 4.98. The first-order valence-electron chi connectivity index (χ1n) is 8.75. The number of pyridine rings is 1. The van der Waals surface area contributed by atoms with Gasteiger partial charge in [-0.3, -0.25) is 9.20 Å². The molecule has 0 fully saturated rings. The summed E-state index contributed by atoms with van der Waals surface area (Å²) in [7, 11) is 1.60. The molecule has 2 heterocycles. The number of hydrogen-bond donors (Lipinski definition) is 0. The van der Waals surface area contributed by atoms with E-state index in [1.54, 1.807) is 37.5 Å². The van der Waals surface area contributed by atoms with Gasteiger partial charge in [0.25, 0.3) is 0 Å². The van der Waals surface area contributed by atoms with Gasteiger partial charge in [0.05, 0.1) is 18.5 Å². The van der Waals surface area contributed by atoms with E-state index in [1.165, 1.54) is 0 Å². The van der Waals surface area contributed by atoms with E-state index in [-0.39, 0.29) is 5.78 Å². The van der Waals surface area contributed by atoms with Crippen LogP contribution in [0.15, 0.2) is 83.5 Å². The Hall–Kier alpha value is -3.18. The molecule has 0 N–H and O–H groups in total. The molecule has 0 unspecified atom stereocenters. The van der Waals surface area contributed by atoms with Crippen molar-refractivity contribution in [2.75, 3.05) is 7.11 Å². The number of methoxy groups -OCH3 is 1. The molecule has 0 radical (unpaired) electrons. The highest BCUT2D eigenvalue weighted by Gasteiger charge is 2.12. The number of fused-ring (bicyclic) bond motifs is 1. The molecule has 0 amide bonds. The largest absolute Gasteiger partial charge is 0.497 e. The molecule has 0 aliphatic heterocycles. The third-order valence-electron chi connectivity index (χ3n) is 4.45. The van der Waals surface area contributed by atoms with Gasteiger partial charge in [-0.15, -0.1) is 0 Å². The summed E-state index contributed by atoms with van der Waals surface area (Å²) >= 11 is 3.46. The number of carbonyl (C=O) groups is 1. The Bertz CT molecular complexity index is 1160. The van der Waals surface area contributed by atoms with Gasteiger partial charge in [-0.05, 0) is 60.7 Å². The lowest BCUT2D eigenvalue weighted by atomic mass is 10.1. The zero-order valence-electron chi connectivity index (χ0n) is 15.2. The Morgan fingerprint density at radius 2 is 1.79 bits per heavy atom. The molecule has 0 spiro atoms. The van der Waals surface area contributed by atoms with Gasteiger partial charge >= 0.3 is 0 Å². The molecule has 4 nitrogen and oxygen atoms in total. The van der Waals surface area contributed by atoms with Gasteiger partial charge in [0.2, 0.25) is 0 Å². The second-order valence-electron chi connectivity index (χ2n) is 6.21. The molecule has 0 saturated heterocycles. The maximum atomic E-state index is 12.6. The van der Waals surface area contributed by atoms with E-state index in [9.17, 15) is 4.79 Å². The highest BCUT2D eigenvalue weighted by Crippen LogP contribution is 2.27. The van der Waals surface area contributed by atoms with Crippen LogP contribution in [0.2, 0.25) is 0 Å². The molecule has 0 bridgehead atoms. The fourth-order valence-corrected chi connectivity index (χ4v) is 3.26. The van der Waals surface area contributed by atoms with Crippen LogP contribution in [0.4, 0.5) is 0 Å². The van der Waals surface area contributed by atoms with Crippen LogP contribution in [-0.2, 0) is 0 Å². The van der Waals surface area contributed by atoms with Crippen molar-refractivity contribution < 1.29 is 9.53 Å². The lowest BCUT2D eigenvalue weighted by molar-refractivity contribution is 0.104. The lowest BCUT2D eigenvalue weighted by Gasteiger charge is -2.02. The van der Waals surface area contributed by atoms with Crippen LogP contribution in [0.25, 0.3) is 23.0 Å². The topological polar surface area (TPSA) is 43.6 Å². The van der Waals surface area contributed by atoms with Crippen LogP contribution in [0, 0.1) is 0 Å². The van der Waals surface area contributed by atoms with E-state index in [2.05, 4.69) is 15.9 Å². The second-order valence-corrected chi connectivity index (χ2v) is 7.12. The maximum absolute atomic E-state index is 12.6. The number of aromatic nitrogens is 2. The minimum Gasteiger partial charge on any atom is -0.497 e. The number of ether oxygens (including phenoxy) is 1. The van der Waals surface area contributed by atoms with Crippen LogP contribution in [0.5, 0.6) is 5.75 Å². The molecule has 2 aromatic heterocycles. The predicted octanol–water partition coefficient (Wildman–Crippen LogP) is 5.67. The number of hydrogen-bond acceptors (Lipinski definition) is 3. The fraction of sp³-hybridized carbons (Fsp3) is 0.0435. The Balaban J connectivity index is 1.74. The maximum Gasteiger partial charge on any atom is 0.185 e. The molecule has 0 aliphatic rings. The van der Waals surface area contributed by atoms with Crippen molar-refractivity contribution in [1.29, 1.82) is 0 Å². The van der Waals surface area contributed by atoms with Crippen molar-refractivity contribution in [3.8, 4) is 17.0 Å². The van der Waals surface area contributed by atoms with Crippen LogP contribution in [0.3, 0.4) is 0 Å². The van der Waals surface area contributed by atoms with Crippen molar-refractivity contribution in [3.05, 3.63) is 94.7 Å². The summed E-state index contributed by atoms with van der Waals surface area (Å²) < 4.78 is 8.13. The second kappa shape index (κ2) is 7.82. The number of nitrogens with zero attached hydrogens (tertiary/aromatic N) is 2. The van der Waals surface area contributed by atoms with Crippen LogP contribution in [-0.4, -0.2) is 22.3 Å². The first-order chi connectivity index (χ1) is 13.7. The summed E-state index contributed by atoms with van der Waals surface area (Å²) in [6.07, 6.45) is 5.35. The fourth-order valence-electron chi connectivity index (χ4n) is 3.00. The van der Waals surface area contributed by atoms with Crippen LogP contribution >= 0.6 is 15.9 Å². The third kappa shape index (κ3) is 3.62. The van der Waals surface area contributed by atoms with Gasteiger partial charge < -0.3 is 4.74 Å². The normalized spacial score (nSPS) is 11.2. The molecule has 138 valence electrons. The SMILES string of the molecule is COc1ccc(C(=O)/C=C/c2c(-c3ccc(Br)cc3)nc3ccccn23)cc1. The zero-order valence-corrected chi connectivity index (χ0v) is 16.8. The van der Waals surface area contributed by atoms with E-state index in [0.717, 1.165) is 32.8 Å². The Morgan fingerprint density at radius 1 is 1.04 bits per heavy atom. The summed E-state index contributed by atoms with van der Waals surface area (Å²) in [6.45, 7) is 0. The van der Waals surface area contributed by atoms with Gasteiger partial charge in [0, 0.05) is 21.8 Å². The van der Waals surface area contributed by atoms with E-state index in [1.807, 2.05) is 59.1 Å². The van der Waals surface area contributed by atoms with Crippen molar-refractivity contribution in [2.45, 2.75) is 0 Å². The Kier molecular flexibility index (Phi) is 5.08. The Labute approximate surface area is 171 Å². The molecular weight excluding hydrogens is 416 g/mol. The summed E-state index contributed by atoms with van der Waals surface area (Å²) in [4.78, 5) is 17.4. The Morgan fingerprint density at radius 3 is 2.50 bits per heavy atom. The minimum atomic E-state index is -0.0738. The van der Waals surface area contributed by atoms with Crippen molar-refractivity contribution >= 4 is 33.4 Å². The van der Waals surface area contributed by atoms with E-state index in [4.69, 9.17) is 9.72 Å². The van der Waals surface area contributed by atoms with Crippen molar-refractivity contribution in [2.24, 2.45) is 0 Å². The molecule has 4 rings (SSSR count). The average molecular weight is 433 g/mol. The van der Waals surface area contributed by atoms with Gasteiger partial charge in [-0.1, -0.05) is 34.1 Å². The molecule has 2 aromatic carbocycles. The molecule has 0 aliphatic carbocycles. The summed E-state index contributed by atoms with van der Waals surface area (Å²) in [6, 6.07) is 20.9. The molecule has 0 atom stereocenters. The summed E-state index contributed by atoms with van der Waals surface area (Å²) in [5, 5.41) is 0. The quantitative estimate of drug-likeness (QED) is 0.301. The van der Waals surface area contributed by atoms with Gasteiger partial charge in [-0.2, -0.15) is 0 Å². The standard InChI is InChI=1S/C23H17BrN2O2/c1-28-19-11-7-16(8-12-19)21(27)14-13-20-23(17-5-9-18(24)10-6-17)25-22-4-2-3-15-26(20)22/h2-15H,1H3/b14-13+. The first-order valence-corrected chi connectivity index (χ1v) is 9.54. The molecule has 28 heavy (non-hydrogen) atoms. The van der Waals surface area contributed by atoms with Gasteiger partial charge in [-0.25, -0.2) is 4.98 Å². The molecular formula is C23H17BrN2O2. The smallest absolute Gasteiger partial charge is 0.185 e. The number of ketones is 1. The number of rotatable bonds is 5. The zero-order chi connectivity index (χ0) is 19.5. The predicted molar refractivity (Wildman–Crippen MR) is 115 cm³/mol. The van der Waals surface area contributed by atoms with Crippen molar-refractivity contribution in [1.82, 2.24) is 9.38 Å². The summed E-state index contributed by atoms with van der Waals surface area (Å²) in [5.74, 6) is 0.648. The number of halogens is 1. The van der Waals surface area contributed by atoms with E-state index >= 15 is 0 Å². The van der Waals surface area contributed by atoms with Crippen molar-refractivity contribution in [3.63, 3.8) is 0 Å². The monoisotopic (exact) mass is 432 g/mol. The highest BCUT2D eigenvalue weighted by molar-refractivity contribution is 9.10. The number of carbonyl (C=O) groups excluding carboxylic acids is 1. The van der Waals surface area contributed by atoms with E-state index < -0.39 is 0 Å². The minimum absolute atomic E-state index is 0.0738. The molecule has 5 heteroatoms. The van der Waals surface area contributed by atoms with Gasteiger partial charge in [0.15, 0.2) is 5.78 Å². The summed E-state index contributed by atoms with van der Waals surface area (Å²) in [5.41, 5.74) is 4.12. The van der Waals surface area contributed by atoms with E-state index in [0.29, 0.717) is 5.56 Å². The lowest BCUT2D eigenvalue weighted by Crippen LogP contribution is -1.95. The van der Waals surface area contributed by atoms with Gasteiger partial charge in [0.1, 0.15) is 11.4 Å². The molecule has 0 saturated carbocycles. The number of allylic oxidation sites excluding steroid dienone is 1. The van der Waals surface area contributed by atoms with Crippen LogP contribution < -0.4 is 4.74 Å².